The Morgan fingerprint density at radius 2 is 1.54 bits per heavy atom. The van der Waals surface area contributed by atoms with Gasteiger partial charge in [0.1, 0.15) is 0 Å². The second kappa shape index (κ2) is 8.32. The fraction of sp³-hybridized carbons (Fsp3) is 0.895. The third kappa shape index (κ3) is 4.11. The first-order valence-electron chi connectivity index (χ1n) is 9.99. The van der Waals surface area contributed by atoms with Gasteiger partial charge in [0.05, 0.1) is 6.54 Å². The highest BCUT2D eigenvalue weighted by molar-refractivity contribution is 5.80. The molecule has 136 valence electrons. The van der Waals surface area contributed by atoms with Gasteiger partial charge in [0, 0.05) is 31.6 Å². The molecule has 0 aliphatic carbocycles. The third-order valence-electron chi connectivity index (χ3n) is 6.13. The van der Waals surface area contributed by atoms with Crippen LogP contribution in [0.5, 0.6) is 0 Å². The van der Waals surface area contributed by atoms with Crippen molar-refractivity contribution < 1.29 is 9.59 Å². The van der Waals surface area contributed by atoms with E-state index >= 15 is 0 Å². The molecule has 0 spiro atoms. The van der Waals surface area contributed by atoms with Crippen molar-refractivity contribution in [2.75, 3.05) is 39.3 Å². The van der Waals surface area contributed by atoms with E-state index in [-0.39, 0.29) is 5.92 Å². The van der Waals surface area contributed by atoms with E-state index in [1.54, 1.807) is 0 Å². The number of likely N-dealkylation sites (tertiary alicyclic amines) is 3. The summed E-state index contributed by atoms with van der Waals surface area (Å²) in [6.45, 7) is 7.34. The Balaban J connectivity index is 1.44. The minimum absolute atomic E-state index is 0.188. The molecule has 24 heavy (non-hydrogen) atoms. The zero-order valence-electron chi connectivity index (χ0n) is 15.2. The summed E-state index contributed by atoms with van der Waals surface area (Å²) in [5, 5.41) is 0. The van der Waals surface area contributed by atoms with Crippen LogP contribution in [-0.4, -0.2) is 71.8 Å². The fourth-order valence-corrected chi connectivity index (χ4v) is 4.57. The molecule has 1 unspecified atom stereocenters. The normalized spacial score (nSPS) is 26.8. The Kier molecular flexibility index (Phi) is 6.14. The number of nitrogens with zero attached hydrogens (tertiary/aromatic N) is 3. The SMILES string of the molecule is CCC1CCCCN1C(=O)CN1CCC(C(=O)N2CCCC2)CC1. The number of amides is 2. The first-order valence-corrected chi connectivity index (χ1v) is 9.99. The molecule has 0 aromatic heterocycles. The fourth-order valence-electron chi connectivity index (χ4n) is 4.57. The van der Waals surface area contributed by atoms with Gasteiger partial charge in [0.2, 0.25) is 11.8 Å². The smallest absolute Gasteiger partial charge is 0.236 e. The number of carbonyl (C=O) groups excluding carboxylic acids is 2. The maximum atomic E-state index is 12.7. The lowest BCUT2D eigenvalue weighted by atomic mass is 9.95. The van der Waals surface area contributed by atoms with Gasteiger partial charge in [-0.3, -0.25) is 14.5 Å². The Bertz CT molecular complexity index is 440. The highest BCUT2D eigenvalue weighted by Gasteiger charge is 2.32. The van der Waals surface area contributed by atoms with E-state index in [4.69, 9.17) is 0 Å². The zero-order valence-corrected chi connectivity index (χ0v) is 15.2. The lowest BCUT2D eigenvalue weighted by Gasteiger charge is -2.38. The monoisotopic (exact) mass is 335 g/mol. The van der Waals surface area contributed by atoms with Crippen molar-refractivity contribution in [1.82, 2.24) is 14.7 Å². The number of piperidine rings is 2. The van der Waals surface area contributed by atoms with E-state index in [2.05, 4.69) is 16.7 Å². The summed E-state index contributed by atoms with van der Waals surface area (Å²) in [5.41, 5.74) is 0. The standard InChI is InChI=1S/C19H33N3O2/c1-2-17-7-3-4-12-22(17)18(23)15-20-13-8-16(9-14-20)19(24)21-10-5-6-11-21/h16-17H,2-15H2,1H3. The van der Waals surface area contributed by atoms with Gasteiger partial charge < -0.3 is 9.80 Å². The van der Waals surface area contributed by atoms with Crippen LogP contribution in [0.1, 0.15) is 58.3 Å². The van der Waals surface area contributed by atoms with Gasteiger partial charge in [-0.05, 0) is 64.5 Å². The number of hydrogen-bond donors (Lipinski definition) is 0. The summed E-state index contributed by atoms with van der Waals surface area (Å²) in [5.74, 6) is 0.847. The Hall–Kier alpha value is -1.10. The van der Waals surface area contributed by atoms with Crippen molar-refractivity contribution in [2.24, 2.45) is 5.92 Å². The van der Waals surface area contributed by atoms with Crippen molar-refractivity contribution in [3.8, 4) is 0 Å². The minimum atomic E-state index is 0.188. The van der Waals surface area contributed by atoms with Crippen molar-refractivity contribution in [1.29, 1.82) is 0 Å². The predicted octanol–water partition coefficient (Wildman–Crippen LogP) is 2.11. The van der Waals surface area contributed by atoms with E-state index in [1.165, 1.54) is 6.42 Å². The van der Waals surface area contributed by atoms with Crippen LogP contribution in [0, 0.1) is 5.92 Å². The van der Waals surface area contributed by atoms with Crippen LogP contribution in [-0.2, 0) is 9.59 Å². The van der Waals surface area contributed by atoms with Crippen LogP contribution in [0.2, 0.25) is 0 Å². The summed E-state index contributed by atoms with van der Waals surface area (Å²) < 4.78 is 0. The molecule has 5 nitrogen and oxygen atoms in total. The molecule has 3 heterocycles. The van der Waals surface area contributed by atoms with E-state index in [0.29, 0.717) is 24.4 Å². The number of carbonyl (C=O) groups is 2. The first-order chi connectivity index (χ1) is 11.7. The van der Waals surface area contributed by atoms with E-state index < -0.39 is 0 Å². The molecule has 3 aliphatic rings. The summed E-state index contributed by atoms with van der Waals surface area (Å²) in [4.78, 5) is 31.6. The molecule has 1 atom stereocenters. The molecule has 3 rings (SSSR count). The second-order valence-corrected chi connectivity index (χ2v) is 7.73. The van der Waals surface area contributed by atoms with Crippen LogP contribution >= 0.6 is 0 Å². The van der Waals surface area contributed by atoms with Gasteiger partial charge in [0.15, 0.2) is 0 Å². The first kappa shape index (κ1) is 17.7. The lowest BCUT2D eigenvalue weighted by Crippen LogP contribution is -2.49. The molecule has 0 N–H and O–H groups in total. The van der Waals surface area contributed by atoms with Crippen molar-refractivity contribution in [3.05, 3.63) is 0 Å². The highest BCUT2D eigenvalue weighted by atomic mass is 16.2. The summed E-state index contributed by atoms with van der Waals surface area (Å²) >= 11 is 0. The molecule has 0 aromatic carbocycles. The third-order valence-corrected chi connectivity index (χ3v) is 6.13. The number of rotatable bonds is 4. The lowest BCUT2D eigenvalue weighted by molar-refractivity contribution is -0.138. The predicted molar refractivity (Wildman–Crippen MR) is 94.6 cm³/mol. The van der Waals surface area contributed by atoms with Crippen LogP contribution in [0.4, 0.5) is 0 Å². The van der Waals surface area contributed by atoms with Crippen molar-refractivity contribution >= 4 is 11.8 Å². The van der Waals surface area contributed by atoms with Crippen LogP contribution < -0.4 is 0 Å². The van der Waals surface area contributed by atoms with E-state index in [9.17, 15) is 9.59 Å². The Labute approximate surface area is 146 Å². The molecule has 0 saturated carbocycles. The quantitative estimate of drug-likeness (QED) is 0.790. The molecule has 3 saturated heterocycles. The average Bonchev–Trinajstić information content (AvgIpc) is 3.16. The second-order valence-electron chi connectivity index (χ2n) is 7.73. The molecule has 0 radical (unpaired) electrons. The molecular formula is C19H33N3O2. The molecule has 0 aromatic rings. The van der Waals surface area contributed by atoms with Crippen LogP contribution in [0.15, 0.2) is 0 Å². The molecule has 3 fully saturated rings. The molecule has 3 aliphatic heterocycles. The van der Waals surface area contributed by atoms with Gasteiger partial charge in [-0.15, -0.1) is 0 Å². The average molecular weight is 335 g/mol. The highest BCUT2D eigenvalue weighted by Crippen LogP contribution is 2.23. The zero-order chi connectivity index (χ0) is 16.9. The van der Waals surface area contributed by atoms with Crippen molar-refractivity contribution in [3.63, 3.8) is 0 Å². The molecule has 2 amide bonds. The van der Waals surface area contributed by atoms with Crippen LogP contribution in [0.3, 0.4) is 0 Å². The van der Waals surface area contributed by atoms with E-state index in [0.717, 1.165) is 77.7 Å². The van der Waals surface area contributed by atoms with Gasteiger partial charge in [0.25, 0.3) is 0 Å². The maximum absolute atomic E-state index is 12.7. The Morgan fingerprint density at radius 3 is 2.21 bits per heavy atom. The molecular weight excluding hydrogens is 302 g/mol. The van der Waals surface area contributed by atoms with Crippen molar-refractivity contribution in [2.45, 2.75) is 64.3 Å². The van der Waals surface area contributed by atoms with Gasteiger partial charge in [-0.25, -0.2) is 0 Å². The summed E-state index contributed by atoms with van der Waals surface area (Å²) in [7, 11) is 0. The topological polar surface area (TPSA) is 43.9 Å². The largest absolute Gasteiger partial charge is 0.342 e. The van der Waals surface area contributed by atoms with Gasteiger partial charge in [-0.1, -0.05) is 6.92 Å². The minimum Gasteiger partial charge on any atom is -0.342 e. The number of hydrogen-bond acceptors (Lipinski definition) is 3. The Morgan fingerprint density at radius 1 is 0.875 bits per heavy atom. The van der Waals surface area contributed by atoms with Gasteiger partial charge >= 0.3 is 0 Å². The summed E-state index contributed by atoms with van der Waals surface area (Å²) in [6.07, 6.45) is 8.79. The molecule has 5 heteroatoms. The molecule has 0 bridgehead atoms. The van der Waals surface area contributed by atoms with Gasteiger partial charge in [-0.2, -0.15) is 0 Å². The summed E-state index contributed by atoms with van der Waals surface area (Å²) in [6, 6.07) is 0.445. The maximum Gasteiger partial charge on any atom is 0.236 e. The van der Waals surface area contributed by atoms with Crippen LogP contribution in [0.25, 0.3) is 0 Å². The van der Waals surface area contributed by atoms with E-state index in [1.807, 2.05) is 4.90 Å².